The smallest absolute Gasteiger partial charge is 0.191 e. The Labute approximate surface area is 175 Å². The lowest BCUT2D eigenvalue weighted by atomic mass is 10.1. The second kappa shape index (κ2) is 11.6. The van der Waals surface area contributed by atoms with Gasteiger partial charge >= 0.3 is 0 Å². The quantitative estimate of drug-likeness (QED) is 0.534. The van der Waals surface area contributed by atoms with Gasteiger partial charge in [-0.3, -0.25) is 4.90 Å². The van der Waals surface area contributed by atoms with Crippen LogP contribution in [0.25, 0.3) is 0 Å². The maximum absolute atomic E-state index is 5.47. The predicted octanol–water partition coefficient (Wildman–Crippen LogP) is 3.13. The van der Waals surface area contributed by atoms with E-state index in [1.165, 1.54) is 22.3 Å². The van der Waals surface area contributed by atoms with Gasteiger partial charge in [0.1, 0.15) is 0 Å². The van der Waals surface area contributed by atoms with Crippen LogP contribution in [0.3, 0.4) is 0 Å². The van der Waals surface area contributed by atoms with Gasteiger partial charge in [0.05, 0.1) is 19.8 Å². The fourth-order valence-corrected chi connectivity index (χ4v) is 3.45. The maximum Gasteiger partial charge on any atom is 0.191 e. The third-order valence-electron chi connectivity index (χ3n) is 5.19. The molecule has 1 heterocycles. The van der Waals surface area contributed by atoms with Crippen LogP contribution in [0.5, 0.6) is 0 Å². The largest absolute Gasteiger partial charge is 0.379 e. The molecule has 0 spiro atoms. The third-order valence-corrected chi connectivity index (χ3v) is 5.19. The van der Waals surface area contributed by atoms with E-state index < -0.39 is 0 Å². The summed E-state index contributed by atoms with van der Waals surface area (Å²) in [4.78, 5) is 7.29. The Bertz CT molecular complexity index is 767. The third kappa shape index (κ3) is 7.18. The molecule has 156 valence electrons. The number of nitrogens with zero attached hydrogens (tertiary/aromatic N) is 2. The fourth-order valence-electron chi connectivity index (χ4n) is 3.45. The molecule has 0 aromatic heterocycles. The molecule has 0 atom stereocenters. The van der Waals surface area contributed by atoms with Crippen molar-refractivity contribution in [2.45, 2.75) is 33.4 Å². The number of rotatable bonds is 8. The highest BCUT2D eigenvalue weighted by atomic mass is 16.5. The summed E-state index contributed by atoms with van der Waals surface area (Å²) in [5.41, 5.74) is 5.28. The van der Waals surface area contributed by atoms with Gasteiger partial charge < -0.3 is 15.4 Å². The first-order valence-electron chi connectivity index (χ1n) is 10.7. The van der Waals surface area contributed by atoms with E-state index in [2.05, 4.69) is 77.9 Å². The molecule has 0 saturated carbocycles. The van der Waals surface area contributed by atoms with E-state index in [0.717, 1.165) is 58.3 Å². The zero-order chi connectivity index (χ0) is 20.3. The molecular formula is C24H34N4O. The van der Waals surface area contributed by atoms with Crippen LogP contribution in [0.2, 0.25) is 0 Å². The highest BCUT2D eigenvalue weighted by Gasteiger charge is 2.12. The van der Waals surface area contributed by atoms with Gasteiger partial charge in [-0.25, -0.2) is 4.99 Å². The van der Waals surface area contributed by atoms with Crippen molar-refractivity contribution < 1.29 is 4.74 Å². The van der Waals surface area contributed by atoms with Crippen LogP contribution >= 0.6 is 0 Å². The summed E-state index contributed by atoms with van der Waals surface area (Å²) in [5.74, 6) is 0.876. The summed E-state index contributed by atoms with van der Waals surface area (Å²) < 4.78 is 5.47. The minimum absolute atomic E-state index is 0.681. The molecule has 5 nitrogen and oxygen atoms in total. The predicted molar refractivity (Wildman–Crippen MR) is 120 cm³/mol. The molecule has 1 fully saturated rings. The summed E-state index contributed by atoms with van der Waals surface area (Å²) in [6.45, 7) is 11.2. The van der Waals surface area contributed by atoms with Crippen LogP contribution in [-0.4, -0.2) is 50.3 Å². The number of hydrogen-bond donors (Lipinski definition) is 2. The minimum Gasteiger partial charge on any atom is -0.379 e. The molecule has 29 heavy (non-hydrogen) atoms. The number of morpholine rings is 1. The highest BCUT2D eigenvalue weighted by molar-refractivity contribution is 5.79. The first kappa shape index (κ1) is 21.3. The lowest BCUT2D eigenvalue weighted by Crippen LogP contribution is -2.38. The molecular weight excluding hydrogens is 360 g/mol. The van der Waals surface area contributed by atoms with Gasteiger partial charge in [-0.1, -0.05) is 54.1 Å². The fraction of sp³-hybridized carbons (Fsp3) is 0.458. The number of nitrogens with one attached hydrogen (secondary N) is 2. The summed E-state index contributed by atoms with van der Waals surface area (Å²) >= 11 is 0. The van der Waals surface area contributed by atoms with E-state index >= 15 is 0 Å². The zero-order valence-electron chi connectivity index (χ0n) is 17.8. The van der Waals surface area contributed by atoms with Gasteiger partial charge in [0.15, 0.2) is 5.96 Å². The molecule has 1 aliphatic rings. The van der Waals surface area contributed by atoms with Crippen molar-refractivity contribution >= 4 is 5.96 Å². The van der Waals surface area contributed by atoms with E-state index in [0.29, 0.717) is 6.54 Å². The van der Waals surface area contributed by atoms with Gasteiger partial charge in [0.2, 0.25) is 0 Å². The van der Waals surface area contributed by atoms with Crippen molar-refractivity contribution in [3.8, 4) is 0 Å². The molecule has 3 rings (SSSR count). The molecule has 0 unspecified atom stereocenters. The van der Waals surface area contributed by atoms with Crippen molar-refractivity contribution in [3.63, 3.8) is 0 Å². The number of benzene rings is 2. The molecule has 5 heteroatoms. The molecule has 0 amide bonds. The van der Waals surface area contributed by atoms with Gasteiger partial charge in [-0.05, 0) is 37.0 Å². The Morgan fingerprint density at radius 3 is 2.45 bits per heavy atom. The van der Waals surface area contributed by atoms with Crippen molar-refractivity contribution in [1.29, 1.82) is 0 Å². The normalized spacial score (nSPS) is 15.3. The van der Waals surface area contributed by atoms with Crippen molar-refractivity contribution in [1.82, 2.24) is 15.5 Å². The van der Waals surface area contributed by atoms with E-state index in [9.17, 15) is 0 Å². The van der Waals surface area contributed by atoms with Crippen LogP contribution in [0.4, 0.5) is 0 Å². The molecule has 0 aliphatic carbocycles. The van der Waals surface area contributed by atoms with E-state index in [1.54, 1.807) is 0 Å². The summed E-state index contributed by atoms with van der Waals surface area (Å²) in [5, 5.41) is 6.83. The monoisotopic (exact) mass is 394 g/mol. The standard InChI is InChI=1S/C24H34N4O/c1-3-25-24(26-13-12-21-10-8-20(2)9-11-21)27-18-22-6-4-5-7-23(22)19-28-14-16-29-17-15-28/h4-11H,3,12-19H2,1-2H3,(H2,25,26,27). The molecule has 1 saturated heterocycles. The van der Waals surface area contributed by atoms with E-state index in [-0.39, 0.29) is 0 Å². The van der Waals surface area contributed by atoms with Gasteiger partial charge in [0.25, 0.3) is 0 Å². The number of aryl methyl sites for hydroxylation is 1. The Balaban J connectivity index is 1.56. The first-order valence-corrected chi connectivity index (χ1v) is 10.7. The summed E-state index contributed by atoms with van der Waals surface area (Å²) in [7, 11) is 0. The van der Waals surface area contributed by atoms with E-state index in [4.69, 9.17) is 9.73 Å². The molecule has 1 aliphatic heterocycles. The Hall–Kier alpha value is -2.37. The molecule has 0 radical (unpaired) electrons. The van der Waals surface area contributed by atoms with E-state index in [1.807, 2.05) is 0 Å². The molecule has 2 aromatic rings. The second-order valence-corrected chi connectivity index (χ2v) is 7.51. The number of ether oxygens (including phenoxy) is 1. The zero-order valence-corrected chi connectivity index (χ0v) is 17.8. The summed E-state index contributed by atoms with van der Waals surface area (Å²) in [6, 6.07) is 17.4. The van der Waals surface area contributed by atoms with Gasteiger partial charge in [-0.2, -0.15) is 0 Å². The number of guanidine groups is 1. The molecule has 0 bridgehead atoms. The minimum atomic E-state index is 0.681. The van der Waals surface area contributed by atoms with Crippen LogP contribution in [-0.2, 0) is 24.2 Å². The lowest BCUT2D eigenvalue weighted by Gasteiger charge is -2.27. The molecule has 2 N–H and O–H groups in total. The Morgan fingerprint density at radius 1 is 1.00 bits per heavy atom. The Morgan fingerprint density at radius 2 is 1.72 bits per heavy atom. The number of hydrogen-bond acceptors (Lipinski definition) is 3. The first-order chi connectivity index (χ1) is 14.2. The average Bonchev–Trinajstić information content (AvgIpc) is 2.75. The van der Waals surface area contributed by atoms with Crippen LogP contribution in [0.15, 0.2) is 53.5 Å². The van der Waals surface area contributed by atoms with Gasteiger partial charge in [0, 0.05) is 32.7 Å². The highest BCUT2D eigenvalue weighted by Crippen LogP contribution is 2.14. The van der Waals surface area contributed by atoms with Gasteiger partial charge in [-0.15, -0.1) is 0 Å². The maximum atomic E-state index is 5.47. The summed E-state index contributed by atoms with van der Waals surface area (Å²) in [6.07, 6.45) is 0.984. The Kier molecular flexibility index (Phi) is 8.53. The topological polar surface area (TPSA) is 48.9 Å². The average molecular weight is 395 g/mol. The van der Waals surface area contributed by atoms with Crippen molar-refractivity contribution in [3.05, 3.63) is 70.8 Å². The number of aliphatic imine (C=N–C) groups is 1. The SMILES string of the molecule is CCNC(=NCc1ccccc1CN1CCOCC1)NCCc1ccc(C)cc1. The van der Waals surface area contributed by atoms with Crippen molar-refractivity contribution in [2.75, 3.05) is 39.4 Å². The van der Waals surface area contributed by atoms with Crippen LogP contribution in [0.1, 0.15) is 29.2 Å². The van der Waals surface area contributed by atoms with Crippen molar-refractivity contribution in [2.24, 2.45) is 4.99 Å². The molecule has 2 aromatic carbocycles. The van der Waals surface area contributed by atoms with Crippen LogP contribution in [0, 0.1) is 6.92 Å². The lowest BCUT2D eigenvalue weighted by molar-refractivity contribution is 0.0341. The van der Waals surface area contributed by atoms with Crippen LogP contribution < -0.4 is 10.6 Å². The second-order valence-electron chi connectivity index (χ2n) is 7.51.